The molecule has 2 aromatic heterocycles. The molecule has 0 saturated carbocycles. The lowest BCUT2D eigenvalue weighted by atomic mass is 10.1. The SMILES string of the molecule is CC(=O)Nc1ccc2c(Cn3cc(C(F)(F)F)cc(Cl)c3=O)cc(=O)oc2c1. The molecule has 3 rings (SSSR count). The van der Waals surface area contributed by atoms with Crippen molar-refractivity contribution in [3.63, 3.8) is 0 Å². The summed E-state index contributed by atoms with van der Waals surface area (Å²) in [6, 6.07) is 6.11. The van der Waals surface area contributed by atoms with E-state index >= 15 is 0 Å². The van der Waals surface area contributed by atoms with Crippen LogP contribution >= 0.6 is 11.6 Å². The normalized spacial score (nSPS) is 11.6. The monoisotopic (exact) mass is 412 g/mol. The number of benzene rings is 1. The van der Waals surface area contributed by atoms with Gasteiger partial charge in [0.25, 0.3) is 5.56 Å². The van der Waals surface area contributed by atoms with Crippen LogP contribution in [0.4, 0.5) is 18.9 Å². The molecule has 0 bridgehead atoms. The zero-order valence-corrected chi connectivity index (χ0v) is 15.0. The number of carbonyl (C=O) groups excluding carboxylic acids is 1. The topological polar surface area (TPSA) is 81.3 Å². The molecule has 6 nitrogen and oxygen atoms in total. The minimum Gasteiger partial charge on any atom is -0.423 e. The maximum atomic E-state index is 13.0. The summed E-state index contributed by atoms with van der Waals surface area (Å²) in [6.07, 6.45) is -4.05. The Kier molecular flexibility index (Phi) is 5.03. The van der Waals surface area contributed by atoms with Gasteiger partial charge in [-0.3, -0.25) is 9.59 Å². The molecule has 0 saturated heterocycles. The number of nitrogens with one attached hydrogen (secondary N) is 1. The van der Waals surface area contributed by atoms with Crippen molar-refractivity contribution in [3.8, 4) is 0 Å². The van der Waals surface area contributed by atoms with E-state index in [0.29, 0.717) is 23.3 Å². The van der Waals surface area contributed by atoms with Crippen LogP contribution in [0.2, 0.25) is 5.02 Å². The molecule has 0 aliphatic heterocycles. The molecular weight excluding hydrogens is 401 g/mol. The van der Waals surface area contributed by atoms with Crippen LogP contribution in [-0.4, -0.2) is 10.5 Å². The molecule has 0 radical (unpaired) electrons. The van der Waals surface area contributed by atoms with Gasteiger partial charge in [-0.05, 0) is 23.8 Å². The molecule has 3 aromatic rings. The summed E-state index contributed by atoms with van der Waals surface area (Å²) < 4.78 is 44.9. The second-order valence-corrected chi connectivity index (χ2v) is 6.40. The highest BCUT2D eigenvalue weighted by Crippen LogP contribution is 2.30. The minimum atomic E-state index is -4.69. The van der Waals surface area contributed by atoms with Crippen molar-refractivity contribution in [2.24, 2.45) is 0 Å². The maximum absolute atomic E-state index is 13.0. The van der Waals surface area contributed by atoms with E-state index in [1.807, 2.05) is 0 Å². The summed E-state index contributed by atoms with van der Waals surface area (Å²) >= 11 is 5.66. The van der Waals surface area contributed by atoms with Crippen molar-refractivity contribution >= 4 is 34.2 Å². The number of aromatic nitrogens is 1. The summed E-state index contributed by atoms with van der Waals surface area (Å²) in [6.45, 7) is 0.977. The van der Waals surface area contributed by atoms with Crippen molar-refractivity contribution in [1.82, 2.24) is 4.57 Å². The molecule has 0 atom stereocenters. The third kappa shape index (κ3) is 4.09. The van der Waals surface area contributed by atoms with Crippen molar-refractivity contribution in [2.75, 3.05) is 5.32 Å². The zero-order chi connectivity index (χ0) is 20.6. The summed E-state index contributed by atoms with van der Waals surface area (Å²) in [5.41, 5.74) is -1.92. The van der Waals surface area contributed by atoms with E-state index in [1.54, 1.807) is 0 Å². The lowest BCUT2D eigenvalue weighted by Crippen LogP contribution is -2.24. The first-order chi connectivity index (χ1) is 13.0. The fourth-order valence-electron chi connectivity index (χ4n) is 2.70. The first-order valence-electron chi connectivity index (χ1n) is 7.86. The van der Waals surface area contributed by atoms with Gasteiger partial charge in [0.2, 0.25) is 5.91 Å². The van der Waals surface area contributed by atoms with Gasteiger partial charge < -0.3 is 14.3 Å². The van der Waals surface area contributed by atoms with Crippen LogP contribution in [0.5, 0.6) is 0 Å². The lowest BCUT2D eigenvalue weighted by Gasteiger charge is -2.13. The Labute approximate surface area is 160 Å². The van der Waals surface area contributed by atoms with E-state index < -0.39 is 27.9 Å². The number of fused-ring (bicyclic) bond motifs is 1. The Morgan fingerprint density at radius 1 is 1.21 bits per heavy atom. The van der Waals surface area contributed by atoms with Crippen molar-refractivity contribution in [1.29, 1.82) is 0 Å². The number of anilines is 1. The average Bonchev–Trinajstić information content (AvgIpc) is 2.56. The van der Waals surface area contributed by atoms with E-state index in [4.69, 9.17) is 16.0 Å². The summed E-state index contributed by atoms with van der Waals surface area (Å²) in [4.78, 5) is 35.2. The number of nitrogens with zero attached hydrogens (tertiary/aromatic N) is 1. The standard InChI is InChI=1S/C18H12ClF3N2O4/c1-9(25)23-12-2-3-13-10(4-16(26)28-15(13)6-12)7-24-8-11(18(20,21)22)5-14(19)17(24)27/h2-6,8H,7H2,1H3,(H,23,25). The molecule has 1 amide bonds. The number of carbonyl (C=O) groups is 1. The highest BCUT2D eigenvalue weighted by atomic mass is 35.5. The van der Waals surface area contributed by atoms with E-state index in [0.717, 1.165) is 10.6 Å². The van der Waals surface area contributed by atoms with Gasteiger partial charge in [0, 0.05) is 36.3 Å². The Morgan fingerprint density at radius 3 is 2.57 bits per heavy atom. The third-order valence-electron chi connectivity index (χ3n) is 3.86. The summed E-state index contributed by atoms with van der Waals surface area (Å²) in [5.74, 6) is -0.331. The molecule has 28 heavy (non-hydrogen) atoms. The number of hydrogen-bond donors (Lipinski definition) is 1. The van der Waals surface area contributed by atoms with Gasteiger partial charge in [-0.25, -0.2) is 4.79 Å². The summed E-state index contributed by atoms with van der Waals surface area (Å²) in [5, 5.41) is 2.34. The fraction of sp³-hybridized carbons (Fsp3) is 0.167. The van der Waals surface area contributed by atoms with Crippen LogP contribution in [0.25, 0.3) is 11.0 Å². The van der Waals surface area contributed by atoms with Crippen molar-refractivity contribution < 1.29 is 22.4 Å². The Morgan fingerprint density at radius 2 is 1.93 bits per heavy atom. The second-order valence-electron chi connectivity index (χ2n) is 5.99. The van der Waals surface area contributed by atoms with Crippen molar-refractivity contribution in [2.45, 2.75) is 19.6 Å². The molecule has 10 heteroatoms. The molecule has 0 aliphatic rings. The molecular formula is C18H12ClF3N2O4. The molecule has 0 aliphatic carbocycles. The first kappa shape index (κ1) is 19.7. The summed E-state index contributed by atoms with van der Waals surface area (Å²) in [7, 11) is 0. The molecule has 1 aromatic carbocycles. The Balaban J connectivity index is 2.13. The molecule has 0 unspecified atom stereocenters. The van der Waals surface area contributed by atoms with Gasteiger partial charge in [0.15, 0.2) is 0 Å². The number of alkyl halides is 3. The van der Waals surface area contributed by atoms with Gasteiger partial charge >= 0.3 is 11.8 Å². The van der Waals surface area contributed by atoms with Crippen LogP contribution in [0.15, 0.2) is 50.5 Å². The van der Waals surface area contributed by atoms with E-state index in [2.05, 4.69) is 5.32 Å². The van der Waals surface area contributed by atoms with Crippen LogP contribution in [0, 0.1) is 0 Å². The first-order valence-corrected chi connectivity index (χ1v) is 8.24. The van der Waals surface area contributed by atoms with Gasteiger partial charge in [0.1, 0.15) is 10.6 Å². The predicted molar refractivity (Wildman–Crippen MR) is 96.6 cm³/mol. The minimum absolute atomic E-state index is 0.111. The van der Waals surface area contributed by atoms with E-state index in [9.17, 15) is 27.6 Å². The Hall–Kier alpha value is -3.07. The van der Waals surface area contributed by atoms with Gasteiger partial charge in [-0.15, -0.1) is 0 Å². The smallest absolute Gasteiger partial charge is 0.417 e. The van der Waals surface area contributed by atoms with E-state index in [1.165, 1.54) is 25.1 Å². The van der Waals surface area contributed by atoms with Gasteiger partial charge in [0.05, 0.1) is 12.1 Å². The van der Waals surface area contributed by atoms with Gasteiger partial charge in [-0.2, -0.15) is 13.2 Å². The highest BCUT2D eigenvalue weighted by molar-refractivity contribution is 6.30. The number of rotatable bonds is 3. The van der Waals surface area contributed by atoms with Crippen molar-refractivity contribution in [3.05, 3.63) is 73.5 Å². The Bertz CT molecular complexity index is 1200. The average molecular weight is 413 g/mol. The molecule has 2 heterocycles. The van der Waals surface area contributed by atoms with Crippen LogP contribution in [0.3, 0.4) is 0 Å². The second kappa shape index (κ2) is 7.16. The zero-order valence-electron chi connectivity index (χ0n) is 14.3. The van der Waals surface area contributed by atoms with Crippen LogP contribution in [-0.2, 0) is 17.5 Å². The molecule has 146 valence electrons. The molecule has 0 spiro atoms. The predicted octanol–water partition coefficient (Wildman–Crippen LogP) is 3.63. The highest BCUT2D eigenvalue weighted by Gasteiger charge is 2.32. The molecule has 0 fully saturated rings. The number of amides is 1. The van der Waals surface area contributed by atoms with Crippen LogP contribution in [0.1, 0.15) is 18.1 Å². The maximum Gasteiger partial charge on any atom is 0.417 e. The number of pyridine rings is 1. The number of halogens is 4. The quantitative estimate of drug-likeness (QED) is 0.666. The van der Waals surface area contributed by atoms with E-state index in [-0.39, 0.29) is 23.6 Å². The largest absolute Gasteiger partial charge is 0.423 e. The lowest BCUT2D eigenvalue weighted by molar-refractivity contribution is -0.138. The fourth-order valence-corrected chi connectivity index (χ4v) is 2.92. The molecule has 1 N–H and O–H groups in total. The van der Waals surface area contributed by atoms with Crippen LogP contribution < -0.4 is 16.5 Å². The van der Waals surface area contributed by atoms with Gasteiger partial charge in [-0.1, -0.05) is 11.6 Å². The third-order valence-corrected chi connectivity index (χ3v) is 4.13. The number of hydrogen-bond acceptors (Lipinski definition) is 4.